The molecule has 3 heterocycles. The Hall–Kier alpha value is -4.03. The van der Waals surface area contributed by atoms with Gasteiger partial charge in [0.1, 0.15) is 0 Å². The molecule has 0 radical (unpaired) electrons. The molecule has 2 aromatic heterocycles. The molecule has 0 amide bonds. The van der Waals surface area contributed by atoms with Gasteiger partial charge in [-0.15, -0.1) is 0 Å². The Bertz CT molecular complexity index is 1680. The summed E-state index contributed by atoms with van der Waals surface area (Å²) >= 11 is 1.85. The molecule has 0 bridgehead atoms. The van der Waals surface area contributed by atoms with Crippen LogP contribution in [0, 0.1) is 0 Å². The van der Waals surface area contributed by atoms with E-state index in [0.717, 1.165) is 23.9 Å². The van der Waals surface area contributed by atoms with Crippen LogP contribution < -0.4 is 4.90 Å². The molecule has 0 spiro atoms. The first-order chi connectivity index (χ1) is 18.1. The monoisotopic (exact) mass is 501 g/mol. The van der Waals surface area contributed by atoms with Crippen LogP contribution in [-0.4, -0.2) is 27.4 Å². The standard InChI is InChI=1S/C31H27N5S/c1-4-24-22-14-18(6-10-26(22)34-32-24)20-8-12-28-30(16-20)37-31-17-21(9-13-29(31)36(28)3)19-7-11-27-23(15-19)25(5-2)33-35-27/h6-17H,4-5H2,1-3H3,(H,32,34)(H,33,35). The van der Waals surface area contributed by atoms with Gasteiger partial charge in [0, 0.05) is 39.0 Å². The number of fused-ring (bicyclic) bond motifs is 4. The topological polar surface area (TPSA) is 60.6 Å². The van der Waals surface area contributed by atoms with Gasteiger partial charge in [-0.05, 0) is 83.6 Å². The number of nitrogens with zero attached hydrogens (tertiary/aromatic N) is 3. The molecule has 0 aliphatic carbocycles. The molecule has 37 heavy (non-hydrogen) atoms. The molecule has 6 aromatic rings. The zero-order chi connectivity index (χ0) is 25.1. The normalized spacial score (nSPS) is 12.8. The molecule has 0 saturated carbocycles. The molecule has 182 valence electrons. The highest BCUT2D eigenvalue weighted by Crippen LogP contribution is 2.49. The third-order valence-corrected chi connectivity index (χ3v) is 8.60. The van der Waals surface area contributed by atoms with Crippen molar-refractivity contribution in [3.63, 3.8) is 0 Å². The Morgan fingerprint density at radius 1 is 0.622 bits per heavy atom. The summed E-state index contributed by atoms with van der Waals surface area (Å²) in [6.45, 7) is 4.32. The van der Waals surface area contributed by atoms with Crippen LogP contribution in [0.15, 0.2) is 82.6 Å². The van der Waals surface area contributed by atoms with E-state index in [1.54, 1.807) is 0 Å². The van der Waals surface area contributed by atoms with Crippen molar-refractivity contribution in [2.24, 2.45) is 0 Å². The minimum absolute atomic E-state index is 0.942. The lowest BCUT2D eigenvalue weighted by Gasteiger charge is -2.30. The quantitative estimate of drug-likeness (QED) is 0.256. The van der Waals surface area contributed by atoms with Crippen molar-refractivity contribution in [1.29, 1.82) is 0 Å². The molecular weight excluding hydrogens is 474 g/mol. The second kappa shape index (κ2) is 8.53. The van der Waals surface area contributed by atoms with Gasteiger partial charge in [-0.3, -0.25) is 10.2 Å². The molecule has 6 heteroatoms. The van der Waals surface area contributed by atoms with E-state index in [1.807, 2.05) is 11.8 Å². The largest absolute Gasteiger partial charge is 0.343 e. The number of hydrogen-bond acceptors (Lipinski definition) is 4. The fourth-order valence-corrected chi connectivity index (χ4v) is 6.61. The number of aromatic nitrogens is 4. The van der Waals surface area contributed by atoms with Gasteiger partial charge in [-0.1, -0.05) is 49.9 Å². The van der Waals surface area contributed by atoms with Crippen LogP contribution in [0.5, 0.6) is 0 Å². The summed E-state index contributed by atoms with van der Waals surface area (Å²) in [5.74, 6) is 0. The summed E-state index contributed by atoms with van der Waals surface area (Å²) in [7, 11) is 2.16. The van der Waals surface area contributed by atoms with Crippen molar-refractivity contribution in [3.05, 3.63) is 84.2 Å². The van der Waals surface area contributed by atoms with Gasteiger partial charge in [-0.2, -0.15) is 10.2 Å². The second-order valence-electron chi connectivity index (χ2n) is 9.60. The van der Waals surface area contributed by atoms with Crippen molar-refractivity contribution < 1.29 is 0 Å². The van der Waals surface area contributed by atoms with Gasteiger partial charge in [-0.25, -0.2) is 0 Å². The third-order valence-electron chi connectivity index (χ3n) is 7.50. The van der Waals surface area contributed by atoms with E-state index in [9.17, 15) is 0 Å². The Morgan fingerprint density at radius 3 is 1.51 bits per heavy atom. The molecule has 5 nitrogen and oxygen atoms in total. The van der Waals surface area contributed by atoms with Gasteiger partial charge in [0.2, 0.25) is 0 Å². The van der Waals surface area contributed by atoms with Crippen molar-refractivity contribution in [2.75, 3.05) is 11.9 Å². The summed E-state index contributed by atoms with van der Waals surface area (Å²) in [4.78, 5) is 4.84. The maximum Gasteiger partial charge on any atom is 0.0924 e. The first-order valence-electron chi connectivity index (χ1n) is 12.8. The first-order valence-corrected chi connectivity index (χ1v) is 13.6. The average Bonchev–Trinajstić information content (AvgIpc) is 3.55. The number of nitrogens with one attached hydrogen (secondary N) is 2. The molecule has 0 unspecified atom stereocenters. The predicted molar refractivity (Wildman–Crippen MR) is 154 cm³/mol. The number of anilines is 2. The minimum Gasteiger partial charge on any atom is -0.343 e. The van der Waals surface area contributed by atoms with Crippen molar-refractivity contribution in [1.82, 2.24) is 20.4 Å². The number of benzene rings is 4. The lowest BCUT2D eigenvalue weighted by molar-refractivity contribution is 0.988. The number of rotatable bonds is 4. The van der Waals surface area contributed by atoms with E-state index in [4.69, 9.17) is 0 Å². The van der Waals surface area contributed by atoms with E-state index in [2.05, 4.69) is 119 Å². The van der Waals surface area contributed by atoms with Gasteiger partial charge >= 0.3 is 0 Å². The molecule has 4 aromatic carbocycles. The number of aromatic amines is 2. The van der Waals surface area contributed by atoms with Crippen LogP contribution in [0.25, 0.3) is 44.1 Å². The molecule has 1 aliphatic heterocycles. The summed E-state index contributed by atoms with van der Waals surface area (Å²) in [6.07, 6.45) is 1.88. The van der Waals surface area contributed by atoms with Crippen LogP contribution in [0.3, 0.4) is 0 Å². The first kappa shape index (κ1) is 22.2. The maximum absolute atomic E-state index is 4.44. The van der Waals surface area contributed by atoms with Crippen LogP contribution in [0.4, 0.5) is 11.4 Å². The van der Waals surface area contributed by atoms with Gasteiger partial charge in [0.25, 0.3) is 0 Å². The highest BCUT2D eigenvalue weighted by Gasteiger charge is 2.22. The van der Waals surface area contributed by atoms with Gasteiger partial charge in [0.05, 0.1) is 22.4 Å². The molecule has 0 saturated heterocycles. The molecular formula is C31H27N5S. The van der Waals surface area contributed by atoms with Crippen LogP contribution in [0.2, 0.25) is 0 Å². The molecule has 0 fully saturated rings. The molecule has 2 N–H and O–H groups in total. The van der Waals surface area contributed by atoms with Crippen molar-refractivity contribution in [2.45, 2.75) is 36.5 Å². The molecule has 1 aliphatic rings. The minimum atomic E-state index is 0.942. The van der Waals surface area contributed by atoms with E-state index in [0.29, 0.717) is 0 Å². The SMILES string of the molecule is CCc1[nH]nc2ccc(-c3ccc4c(c3)Sc3cc(-c5ccc6n[nH]c(CC)c6c5)ccc3N4C)cc12. The number of hydrogen-bond donors (Lipinski definition) is 2. The maximum atomic E-state index is 4.44. The lowest BCUT2D eigenvalue weighted by Crippen LogP contribution is -2.14. The number of H-pyrrole nitrogens is 2. The smallest absolute Gasteiger partial charge is 0.0924 e. The van der Waals surface area contributed by atoms with Crippen LogP contribution in [-0.2, 0) is 12.8 Å². The third kappa shape index (κ3) is 3.55. The zero-order valence-electron chi connectivity index (χ0n) is 21.1. The van der Waals surface area contributed by atoms with E-state index >= 15 is 0 Å². The van der Waals surface area contributed by atoms with Crippen LogP contribution >= 0.6 is 11.8 Å². The van der Waals surface area contributed by atoms with Gasteiger partial charge < -0.3 is 4.90 Å². The Balaban J connectivity index is 1.27. The molecule has 7 rings (SSSR count). The molecule has 0 atom stereocenters. The second-order valence-corrected chi connectivity index (χ2v) is 10.7. The summed E-state index contributed by atoms with van der Waals surface area (Å²) < 4.78 is 0. The fraction of sp³-hybridized carbons (Fsp3) is 0.161. The Labute approximate surface area is 219 Å². The van der Waals surface area contributed by atoms with Gasteiger partial charge in [0.15, 0.2) is 0 Å². The van der Waals surface area contributed by atoms with Crippen LogP contribution in [0.1, 0.15) is 25.2 Å². The lowest BCUT2D eigenvalue weighted by atomic mass is 10.0. The fourth-order valence-electron chi connectivity index (χ4n) is 5.38. The van der Waals surface area contributed by atoms with E-state index < -0.39 is 0 Å². The highest BCUT2D eigenvalue weighted by atomic mass is 32.2. The predicted octanol–water partition coefficient (Wildman–Crippen LogP) is 8.13. The Morgan fingerprint density at radius 2 is 1.05 bits per heavy atom. The van der Waals surface area contributed by atoms with E-state index in [1.165, 1.54) is 65.6 Å². The zero-order valence-corrected chi connectivity index (χ0v) is 21.9. The summed E-state index contributed by atoms with van der Waals surface area (Å²) in [6, 6.07) is 26.7. The van der Waals surface area contributed by atoms with Crippen molar-refractivity contribution >= 4 is 44.9 Å². The van der Waals surface area contributed by atoms with Crippen molar-refractivity contribution in [3.8, 4) is 22.3 Å². The van der Waals surface area contributed by atoms with E-state index in [-0.39, 0.29) is 0 Å². The summed E-state index contributed by atoms with van der Waals surface area (Å²) in [5, 5.41) is 17.7. The average molecular weight is 502 g/mol. The number of aryl methyl sites for hydroxylation is 2. The summed E-state index contributed by atoms with van der Waals surface area (Å²) in [5.41, 5.74) is 11.8. The highest BCUT2D eigenvalue weighted by molar-refractivity contribution is 7.99. The Kier molecular flexibility index (Phi) is 5.11.